The summed E-state index contributed by atoms with van der Waals surface area (Å²) >= 11 is 0. The van der Waals surface area contributed by atoms with Crippen molar-refractivity contribution in [2.24, 2.45) is 5.92 Å². The van der Waals surface area contributed by atoms with Gasteiger partial charge in [0.25, 0.3) is 0 Å². The van der Waals surface area contributed by atoms with Crippen LogP contribution in [0.15, 0.2) is 24.3 Å². The molecule has 0 radical (unpaired) electrons. The highest BCUT2D eigenvalue weighted by Crippen LogP contribution is 2.27. The first-order valence-electron chi connectivity index (χ1n) is 6.07. The highest BCUT2D eigenvalue weighted by Gasteiger charge is 2.16. The van der Waals surface area contributed by atoms with Gasteiger partial charge in [0.2, 0.25) is 0 Å². The van der Waals surface area contributed by atoms with E-state index in [1.165, 1.54) is 11.1 Å². The van der Waals surface area contributed by atoms with Gasteiger partial charge in [0.1, 0.15) is 0 Å². The van der Waals surface area contributed by atoms with Gasteiger partial charge in [-0.25, -0.2) is 0 Å². The Balaban J connectivity index is 2.87. The zero-order valence-electron chi connectivity index (χ0n) is 11.1. The molecule has 1 rings (SSSR count). The van der Waals surface area contributed by atoms with Gasteiger partial charge in [-0.2, -0.15) is 0 Å². The number of aliphatic hydroxyl groups is 1. The quantitative estimate of drug-likeness (QED) is 0.823. The molecule has 0 aliphatic carbocycles. The fraction of sp³-hybridized carbons (Fsp3) is 0.600. The Morgan fingerprint density at radius 2 is 1.56 bits per heavy atom. The molecule has 1 N–H and O–H groups in total. The lowest BCUT2D eigenvalue weighted by atomic mass is 9.84. The molecule has 1 heteroatoms. The third kappa shape index (κ3) is 3.08. The van der Waals surface area contributed by atoms with Gasteiger partial charge in [-0.05, 0) is 28.4 Å². The monoisotopic (exact) mass is 220 g/mol. The Morgan fingerprint density at radius 1 is 1.06 bits per heavy atom. The smallest absolute Gasteiger partial charge is 0.0462 e. The molecule has 1 aromatic rings. The van der Waals surface area contributed by atoms with Gasteiger partial charge in [0.05, 0.1) is 0 Å². The summed E-state index contributed by atoms with van der Waals surface area (Å²) in [7, 11) is 0. The zero-order chi connectivity index (χ0) is 12.3. The van der Waals surface area contributed by atoms with Crippen LogP contribution >= 0.6 is 0 Å². The summed E-state index contributed by atoms with van der Waals surface area (Å²) in [4.78, 5) is 0. The van der Waals surface area contributed by atoms with Crippen LogP contribution in [-0.2, 0) is 5.41 Å². The van der Waals surface area contributed by atoms with Crippen molar-refractivity contribution in [1.82, 2.24) is 0 Å². The average molecular weight is 220 g/mol. The summed E-state index contributed by atoms with van der Waals surface area (Å²) in [6, 6.07) is 8.79. The normalized spacial score (nSPS) is 15.9. The zero-order valence-corrected chi connectivity index (χ0v) is 11.1. The molecule has 0 saturated heterocycles. The van der Waals surface area contributed by atoms with E-state index in [0.29, 0.717) is 11.8 Å². The molecule has 0 aliphatic rings. The minimum atomic E-state index is 0.213. The van der Waals surface area contributed by atoms with E-state index in [1.807, 2.05) is 0 Å². The Labute approximate surface area is 99.5 Å². The molecule has 0 saturated carbocycles. The van der Waals surface area contributed by atoms with Crippen molar-refractivity contribution in [1.29, 1.82) is 0 Å². The predicted molar refractivity (Wildman–Crippen MR) is 69.8 cm³/mol. The molecule has 0 amide bonds. The van der Waals surface area contributed by atoms with Gasteiger partial charge in [0, 0.05) is 6.61 Å². The Bertz CT molecular complexity index is 318. The summed E-state index contributed by atoms with van der Waals surface area (Å²) in [6.45, 7) is 11.2. The van der Waals surface area contributed by atoms with Crippen molar-refractivity contribution in [3.8, 4) is 0 Å². The number of benzene rings is 1. The van der Waals surface area contributed by atoms with Gasteiger partial charge >= 0.3 is 0 Å². The van der Waals surface area contributed by atoms with Crippen LogP contribution in [0.2, 0.25) is 0 Å². The molecule has 16 heavy (non-hydrogen) atoms. The Morgan fingerprint density at radius 3 is 1.94 bits per heavy atom. The molecule has 0 heterocycles. The molecule has 1 aromatic carbocycles. The number of aliphatic hydroxyl groups excluding tert-OH is 1. The summed E-state index contributed by atoms with van der Waals surface area (Å²) < 4.78 is 0. The largest absolute Gasteiger partial charge is 0.396 e. The van der Waals surface area contributed by atoms with Gasteiger partial charge in [-0.3, -0.25) is 0 Å². The van der Waals surface area contributed by atoms with Crippen LogP contribution in [-0.4, -0.2) is 11.7 Å². The fourth-order valence-corrected chi connectivity index (χ4v) is 1.77. The van der Waals surface area contributed by atoms with E-state index in [-0.39, 0.29) is 12.0 Å². The maximum atomic E-state index is 9.15. The SMILES string of the molecule is CC(CO)C(C)c1ccc(C(C)(C)C)cc1. The first-order valence-corrected chi connectivity index (χ1v) is 6.07. The van der Waals surface area contributed by atoms with Crippen molar-refractivity contribution in [2.75, 3.05) is 6.61 Å². The molecule has 2 unspecified atom stereocenters. The first kappa shape index (κ1) is 13.2. The Kier molecular flexibility index (Phi) is 4.15. The first-order chi connectivity index (χ1) is 7.36. The lowest BCUT2D eigenvalue weighted by Crippen LogP contribution is -2.13. The standard InChI is InChI=1S/C15H24O/c1-11(10-16)12(2)13-6-8-14(9-7-13)15(3,4)5/h6-9,11-12,16H,10H2,1-5H3. The molecule has 0 fully saturated rings. The molecule has 0 spiro atoms. The van der Waals surface area contributed by atoms with Crippen molar-refractivity contribution < 1.29 is 5.11 Å². The highest BCUT2D eigenvalue weighted by molar-refractivity contribution is 5.29. The summed E-state index contributed by atoms with van der Waals surface area (Å²) in [5.41, 5.74) is 2.89. The van der Waals surface area contributed by atoms with Crippen molar-refractivity contribution in [3.63, 3.8) is 0 Å². The van der Waals surface area contributed by atoms with Gasteiger partial charge in [0.15, 0.2) is 0 Å². The second-order valence-electron chi connectivity index (χ2n) is 5.82. The van der Waals surface area contributed by atoms with E-state index >= 15 is 0 Å². The topological polar surface area (TPSA) is 20.2 Å². The molecule has 2 atom stereocenters. The minimum absolute atomic E-state index is 0.213. The third-order valence-electron chi connectivity index (χ3n) is 3.44. The Hall–Kier alpha value is -0.820. The van der Waals surface area contributed by atoms with E-state index in [2.05, 4.69) is 58.9 Å². The minimum Gasteiger partial charge on any atom is -0.396 e. The van der Waals surface area contributed by atoms with Crippen molar-refractivity contribution in [2.45, 2.75) is 46.0 Å². The summed E-state index contributed by atoms with van der Waals surface area (Å²) in [5, 5.41) is 9.15. The fourth-order valence-electron chi connectivity index (χ4n) is 1.77. The number of hydrogen-bond donors (Lipinski definition) is 1. The van der Waals surface area contributed by atoms with Crippen molar-refractivity contribution >= 4 is 0 Å². The van der Waals surface area contributed by atoms with Crippen LogP contribution in [0.1, 0.15) is 51.7 Å². The molecule has 0 aromatic heterocycles. The van der Waals surface area contributed by atoms with E-state index < -0.39 is 0 Å². The van der Waals surface area contributed by atoms with Gasteiger partial charge < -0.3 is 5.11 Å². The summed E-state index contributed by atoms with van der Waals surface area (Å²) in [6.07, 6.45) is 0. The van der Waals surface area contributed by atoms with E-state index in [0.717, 1.165) is 0 Å². The lowest BCUT2D eigenvalue weighted by molar-refractivity contribution is 0.220. The van der Waals surface area contributed by atoms with Gasteiger partial charge in [-0.1, -0.05) is 58.9 Å². The van der Waals surface area contributed by atoms with Gasteiger partial charge in [-0.15, -0.1) is 0 Å². The van der Waals surface area contributed by atoms with Crippen LogP contribution in [0.5, 0.6) is 0 Å². The molecule has 0 aliphatic heterocycles. The lowest BCUT2D eigenvalue weighted by Gasteiger charge is -2.22. The van der Waals surface area contributed by atoms with Crippen LogP contribution in [0.25, 0.3) is 0 Å². The van der Waals surface area contributed by atoms with Crippen LogP contribution < -0.4 is 0 Å². The van der Waals surface area contributed by atoms with Crippen LogP contribution in [0, 0.1) is 5.92 Å². The van der Waals surface area contributed by atoms with E-state index in [1.54, 1.807) is 0 Å². The average Bonchev–Trinajstić information content (AvgIpc) is 2.26. The maximum absolute atomic E-state index is 9.15. The van der Waals surface area contributed by atoms with Crippen LogP contribution in [0.3, 0.4) is 0 Å². The molecule has 1 nitrogen and oxygen atoms in total. The van der Waals surface area contributed by atoms with Crippen molar-refractivity contribution in [3.05, 3.63) is 35.4 Å². The molecular formula is C15H24O. The van der Waals surface area contributed by atoms with E-state index in [4.69, 9.17) is 5.11 Å². The highest BCUT2D eigenvalue weighted by atomic mass is 16.3. The second kappa shape index (κ2) is 5.01. The van der Waals surface area contributed by atoms with E-state index in [9.17, 15) is 0 Å². The summed E-state index contributed by atoms with van der Waals surface area (Å²) in [5.74, 6) is 0.736. The molecule has 0 bridgehead atoms. The van der Waals surface area contributed by atoms with Crippen LogP contribution in [0.4, 0.5) is 0 Å². The number of hydrogen-bond acceptors (Lipinski definition) is 1. The predicted octanol–water partition coefficient (Wildman–Crippen LogP) is 3.72. The third-order valence-corrected chi connectivity index (χ3v) is 3.44. The number of rotatable bonds is 3. The molecule has 90 valence electrons. The second-order valence-corrected chi connectivity index (χ2v) is 5.82. The maximum Gasteiger partial charge on any atom is 0.0462 e. The molecular weight excluding hydrogens is 196 g/mol.